The second-order valence-corrected chi connectivity index (χ2v) is 6.16. The van der Waals surface area contributed by atoms with Crippen molar-refractivity contribution in [1.29, 1.82) is 5.26 Å². The number of anilines is 2. The van der Waals surface area contributed by atoms with Crippen LogP contribution in [-0.4, -0.2) is 22.6 Å². The second kappa shape index (κ2) is 8.59. The minimum absolute atomic E-state index is 0.0661. The largest absolute Gasteiger partial charge is 0.322 e. The summed E-state index contributed by atoms with van der Waals surface area (Å²) in [5.41, 5.74) is 2.26. The van der Waals surface area contributed by atoms with Crippen LogP contribution in [0.2, 0.25) is 0 Å². The number of aromatic nitrogens is 1. The van der Waals surface area contributed by atoms with Gasteiger partial charge < -0.3 is 10.6 Å². The third kappa shape index (κ3) is 4.90. The summed E-state index contributed by atoms with van der Waals surface area (Å²) < 4.78 is 0. The number of carbonyl (C=O) groups excluding carboxylic acids is 3. The Hall–Kier alpha value is -4.31. The van der Waals surface area contributed by atoms with Gasteiger partial charge in [-0.25, -0.2) is 0 Å². The minimum Gasteiger partial charge on any atom is -0.322 e. The molecule has 0 unspecified atom stereocenters. The van der Waals surface area contributed by atoms with Crippen LogP contribution >= 0.6 is 0 Å². The van der Waals surface area contributed by atoms with Crippen LogP contribution in [-0.2, 0) is 0 Å². The Balaban J connectivity index is 1.72. The first-order valence-corrected chi connectivity index (χ1v) is 8.66. The molecule has 3 aromatic rings. The second-order valence-electron chi connectivity index (χ2n) is 6.16. The average molecular weight is 384 g/mol. The Bertz CT molecular complexity index is 1130. The molecule has 0 atom stereocenters. The van der Waals surface area contributed by atoms with Gasteiger partial charge in [-0.2, -0.15) is 5.26 Å². The molecule has 0 bridgehead atoms. The fourth-order valence-corrected chi connectivity index (χ4v) is 2.55. The molecule has 0 saturated carbocycles. The fraction of sp³-hybridized carbons (Fsp3) is 0.0455. The highest BCUT2D eigenvalue weighted by atomic mass is 16.2. The maximum absolute atomic E-state index is 12.5. The van der Waals surface area contributed by atoms with E-state index >= 15 is 0 Å². The number of hydrogen-bond donors (Lipinski definition) is 2. The van der Waals surface area contributed by atoms with Crippen LogP contribution in [0.15, 0.2) is 66.9 Å². The third-order valence-electron chi connectivity index (χ3n) is 4.05. The van der Waals surface area contributed by atoms with Gasteiger partial charge in [0.05, 0.1) is 11.6 Å². The van der Waals surface area contributed by atoms with Gasteiger partial charge in [0.15, 0.2) is 5.78 Å². The molecule has 0 aliphatic carbocycles. The van der Waals surface area contributed by atoms with Crippen LogP contribution in [0.1, 0.15) is 43.7 Å². The Morgan fingerprint density at radius 2 is 1.59 bits per heavy atom. The Morgan fingerprint density at radius 1 is 0.862 bits per heavy atom. The number of nitriles is 1. The van der Waals surface area contributed by atoms with Crippen molar-refractivity contribution in [2.45, 2.75) is 6.92 Å². The Morgan fingerprint density at radius 3 is 2.28 bits per heavy atom. The summed E-state index contributed by atoms with van der Waals surface area (Å²) in [6.07, 6.45) is 1.37. The number of pyridine rings is 1. The number of hydrogen-bond acceptors (Lipinski definition) is 5. The summed E-state index contributed by atoms with van der Waals surface area (Å²) in [4.78, 5) is 40.2. The molecule has 1 aromatic heterocycles. The van der Waals surface area contributed by atoms with E-state index in [0.717, 1.165) is 0 Å². The number of carbonyl (C=O) groups is 3. The summed E-state index contributed by atoms with van der Waals surface area (Å²) in [5, 5.41) is 14.3. The van der Waals surface area contributed by atoms with E-state index in [4.69, 9.17) is 5.26 Å². The summed E-state index contributed by atoms with van der Waals surface area (Å²) in [5.74, 6) is -0.979. The molecule has 1 heterocycles. The molecule has 142 valence electrons. The zero-order valence-electron chi connectivity index (χ0n) is 15.5. The standard InChI is InChI=1S/C22H16N4O3/c1-14(27)16-5-7-18(8-6-16)25-22(29)20-12-17(9-10-24-20)21(28)26-19-4-2-3-15(11-19)13-23/h2-12H,1H3,(H,25,29)(H,26,28). The maximum Gasteiger partial charge on any atom is 0.274 e. The molecular formula is C22H16N4O3. The molecule has 2 N–H and O–H groups in total. The fourth-order valence-electron chi connectivity index (χ4n) is 2.55. The summed E-state index contributed by atoms with van der Waals surface area (Å²) in [6.45, 7) is 1.46. The highest BCUT2D eigenvalue weighted by molar-refractivity contribution is 6.08. The number of nitrogens with zero attached hydrogens (tertiary/aromatic N) is 2. The molecule has 29 heavy (non-hydrogen) atoms. The molecule has 7 heteroatoms. The van der Waals surface area contributed by atoms with Gasteiger partial charge in [-0.3, -0.25) is 19.4 Å². The zero-order valence-corrected chi connectivity index (χ0v) is 15.5. The van der Waals surface area contributed by atoms with Crippen LogP contribution in [0.3, 0.4) is 0 Å². The Labute approximate surface area is 167 Å². The molecule has 0 aliphatic rings. The molecule has 0 spiro atoms. The number of nitrogens with one attached hydrogen (secondary N) is 2. The van der Waals surface area contributed by atoms with Crippen molar-refractivity contribution in [1.82, 2.24) is 4.98 Å². The smallest absolute Gasteiger partial charge is 0.274 e. The van der Waals surface area contributed by atoms with Crippen LogP contribution in [0.25, 0.3) is 0 Å². The Kier molecular flexibility index (Phi) is 5.76. The lowest BCUT2D eigenvalue weighted by Gasteiger charge is -2.08. The van der Waals surface area contributed by atoms with Crippen molar-refractivity contribution in [3.05, 3.63) is 89.2 Å². The zero-order chi connectivity index (χ0) is 20.8. The van der Waals surface area contributed by atoms with Crippen LogP contribution in [0.5, 0.6) is 0 Å². The van der Waals surface area contributed by atoms with Crippen molar-refractivity contribution >= 4 is 29.0 Å². The highest BCUT2D eigenvalue weighted by Gasteiger charge is 2.13. The van der Waals surface area contributed by atoms with Gasteiger partial charge >= 0.3 is 0 Å². The molecule has 0 aliphatic heterocycles. The van der Waals surface area contributed by atoms with E-state index in [2.05, 4.69) is 15.6 Å². The first-order chi connectivity index (χ1) is 14.0. The van der Waals surface area contributed by atoms with E-state index in [1.165, 1.54) is 25.3 Å². The number of ketones is 1. The monoisotopic (exact) mass is 384 g/mol. The molecule has 0 fully saturated rings. The first-order valence-electron chi connectivity index (χ1n) is 8.66. The average Bonchev–Trinajstić information content (AvgIpc) is 2.74. The van der Waals surface area contributed by atoms with E-state index in [0.29, 0.717) is 22.5 Å². The van der Waals surface area contributed by atoms with Gasteiger partial charge in [-0.15, -0.1) is 0 Å². The number of Topliss-reactive ketones (excluding diaryl/α,β-unsaturated/α-hetero) is 1. The predicted octanol–water partition coefficient (Wildman–Crippen LogP) is 3.66. The van der Waals surface area contributed by atoms with Crippen LogP contribution in [0.4, 0.5) is 11.4 Å². The van der Waals surface area contributed by atoms with Crippen molar-refractivity contribution in [2.75, 3.05) is 10.6 Å². The normalized spacial score (nSPS) is 9.93. The highest BCUT2D eigenvalue weighted by Crippen LogP contribution is 2.14. The lowest BCUT2D eigenvalue weighted by Crippen LogP contribution is -2.17. The topological polar surface area (TPSA) is 112 Å². The van der Waals surface area contributed by atoms with Gasteiger partial charge in [0.25, 0.3) is 11.8 Å². The van der Waals surface area contributed by atoms with Crippen molar-refractivity contribution < 1.29 is 14.4 Å². The van der Waals surface area contributed by atoms with Gasteiger partial charge in [0.1, 0.15) is 5.69 Å². The van der Waals surface area contributed by atoms with Gasteiger partial charge in [0, 0.05) is 28.7 Å². The number of benzene rings is 2. The van der Waals surface area contributed by atoms with Crippen molar-refractivity contribution in [3.8, 4) is 6.07 Å². The van der Waals surface area contributed by atoms with E-state index in [1.807, 2.05) is 6.07 Å². The van der Waals surface area contributed by atoms with Crippen molar-refractivity contribution in [3.63, 3.8) is 0 Å². The molecule has 0 saturated heterocycles. The van der Waals surface area contributed by atoms with E-state index < -0.39 is 11.8 Å². The SMILES string of the molecule is CC(=O)c1ccc(NC(=O)c2cc(C(=O)Nc3cccc(C#N)c3)ccn2)cc1. The number of rotatable bonds is 5. The summed E-state index contributed by atoms with van der Waals surface area (Å²) in [6, 6.07) is 17.9. The third-order valence-corrected chi connectivity index (χ3v) is 4.05. The molecule has 0 radical (unpaired) electrons. The quantitative estimate of drug-likeness (QED) is 0.652. The first kappa shape index (κ1) is 19.5. The van der Waals surface area contributed by atoms with E-state index in [1.54, 1.807) is 48.5 Å². The molecule has 2 amide bonds. The van der Waals surface area contributed by atoms with Gasteiger partial charge in [-0.05, 0) is 61.5 Å². The van der Waals surface area contributed by atoms with Crippen molar-refractivity contribution in [2.24, 2.45) is 0 Å². The lowest BCUT2D eigenvalue weighted by atomic mass is 10.1. The molecular weight excluding hydrogens is 368 g/mol. The van der Waals surface area contributed by atoms with E-state index in [9.17, 15) is 14.4 Å². The lowest BCUT2D eigenvalue weighted by molar-refractivity contribution is 0.101. The predicted molar refractivity (Wildman–Crippen MR) is 108 cm³/mol. The van der Waals surface area contributed by atoms with Gasteiger partial charge in [-0.1, -0.05) is 6.07 Å². The summed E-state index contributed by atoms with van der Waals surface area (Å²) >= 11 is 0. The van der Waals surface area contributed by atoms with Gasteiger partial charge in [0.2, 0.25) is 0 Å². The molecule has 2 aromatic carbocycles. The van der Waals surface area contributed by atoms with Crippen LogP contribution < -0.4 is 10.6 Å². The molecule has 7 nitrogen and oxygen atoms in total. The maximum atomic E-state index is 12.5. The number of amides is 2. The van der Waals surface area contributed by atoms with Crippen LogP contribution in [0, 0.1) is 11.3 Å². The van der Waals surface area contributed by atoms with E-state index in [-0.39, 0.29) is 17.0 Å². The summed E-state index contributed by atoms with van der Waals surface area (Å²) in [7, 11) is 0. The minimum atomic E-state index is -0.485. The molecule has 3 rings (SSSR count).